The van der Waals surface area contributed by atoms with E-state index in [-0.39, 0.29) is 39.4 Å². The lowest BCUT2D eigenvalue weighted by Crippen LogP contribution is -2.30. The van der Waals surface area contributed by atoms with E-state index in [1.807, 2.05) is 36.4 Å². The molecule has 204 valence electrons. The normalized spacial score (nSPS) is 22.3. The van der Waals surface area contributed by atoms with Gasteiger partial charge in [-0.15, -0.1) is 0 Å². The number of carboxylic acids is 2. The van der Waals surface area contributed by atoms with Gasteiger partial charge in [0.15, 0.2) is 0 Å². The van der Waals surface area contributed by atoms with E-state index in [1.54, 1.807) is 24.3 Å². The summed E-state index contributed by atoms with van der Waals surface area (Å²) in [5.74, 6) is -4.79. The van der Waals surface area contributed by atoms with Gasteiger partial charge in [0, 0.05) is 13.1 Å². The predicted molar refractivity (Wildman–Crippen MR) is 128 cm³/mol. The average molecular weight is 535 g/mol. The van der Waals surface area contributed by atoms with E-state index in [0.717, 1.165) is 20.9 Å². The third-order valence-corrected chi connectivity index (χ3v) is 6.06. The van der Waals surface area contributed by atoms with Crippen LogP contribution in [0, 0.1) is 11.8 Å². The fourth-order valence-electron chi connectivity index (χ4n) is 3.91. The van der Waals surface area contributed by atoms with Crippen LogP contribution in [-0.2, 0) is 32.3 Å². The van der Waals surface area contributed by atoms with Gasteiger partial charge in [0.2, 0.25) is 0 Å². The molecule has 0 aromatic heterocycles. The maximum absolute atomic E-state index is 13.4. The van der Waals surface area contributed by atoms with Crippen molar-refractivity contribution >= 4 is 24.1 Å². The minimum atomic E-state index is -1.54. The number of halogens is 2. The fourth-order valence-corrected chi connectivity index (χ4v) is 3.91. The van der Waals surface area contributed by atoms with Gasteiger partial charge in [0.25, 0.3) is 0 Å². The molecule has 2 amide bonds. The van der Waals surface area contributed by atoms with E-state index in [9.17, 15) is 28.0 Å². The monoisotopic (exact) mass is 534 g/mol. The van der Waals surface area contributed by atoms with Crippen molar-refractivity contribution < 1.29 is 47.6 Å². The highest BCUT2D eigenvalue weighted by atomic mass is 19.1. The van der Waals surface area contributed by atoms with Crippen LogP contribution >= 0.6 is 0 Å². The van der Waals surface area contributed by atoms with Gasteiger partial charge in [-0.3, -0.25) is 9.59 Å². The van der Waals surface area contributed by atoms with E-state index in [2.05, 4.69) is 0 Å². The molecule has 2 aromatic carbocycles. The molecule has 4 atom stereocenters. The van der Waals surface area contributed by atoms with Crippen molar-refractivity contribution in [1.82, 2.24) is 9.80 Å². The predicted octanol–water partition coefficient (Wildman–Crippen LogP) is 3.36. The van der Waals surface area contributed by atoms with Crippen molar-refractivity contribution in [2.24, 2.45) is 11.8 Å². The molecule has 2 aromatic rings. The third-order valence-electron chi connectivity index (χ3n) is 6.06. The molecule has 2 fully saturated rings. The van der Waals surface area contributed by atoms with Crippen LogP contribution in [0.5, 0.6) is 0 Å². The summed E-state index contributed by atoms with van der Waals surface area (Å²) >= 11 is 0. The number of carboxylic acid groups (broad SMARTS) is 2. The van der Waals surface area contributed by atoms with Gasteiger partial charge in [-0.05, 0) is 11.1 Å². The number of aliphatic carboxylic acids is 2. The fraction of sp³-hybridized carbons (Fsp3) is 0.385. The van der Waals surface area contributed by atoms with Crippen LogP contribution in [0.2, 0.25) is 0 Å². The van der Waals surface area contributed by atoms with Crippen LogP contribution in [0.3, 0.4) is 0 Å². The number of carbonyl (C=O) groups is 4. The van der Waals surface area contributed by atoms with Crippen LogP contribution in [0.25, 0.3) is 0 Å². The van der Waals surface area contributed by atoms with Crippen LogP contribution < -0.4 is 0 Å². The summed E-state index contributed by atoms with van der Waals surface area (Å²) in [6.07, 6.45) is -4.45. The summed E-state index contributed by atoms with van der Waals surface area (Å²) in [4.78, 5) is 47.0. The Balaban J connectivity index is 0.000000211. The van der Waals surface area contributed by atoms with Crippen molar-refractivity contribution in [3.63, 3.8) is 0 Å². The molecule has 2 N–H and O–H groups in total. The molecule has 38 heavy (non-hydrogen) atoms. The second-order valence-electron chi connectivity index (χ2n) is 8.81. The van der Waals surface area contributed by atoms with Crippen LogP contribution in [-0.4, -0.2) is 82.7 Å². The molecule has 2 heterocycles. The topological polar surface area (TPSA) is 134 Å². The highest BCUT2D eigenvalue weighted by Crippen LogP contribution is 2.22. The summed E-state index contributed by atoms with van der Waals surface area (Å²) in [7, 11) is 0. The first-order valence-electron chi connectivity index (χ1n) is 11.8. The lowest BCUT2D eigenvalue weighted by atomic mass is 10.1. The van der Waals surface area contributed by atoms with Crippen LogP contribution in [0.4, 0.5) is 18.4 Å². The molecular formula is C26H28F2N2O8. The van der Waals surface area contributed by atoms with Gasteiger partial charge in [-0.1, -0.05) is 60.7 Å². The third kappa shape index (κ3) is 7.89. The molecule has 4 rings (SSSR count). The first kappa shape index (κ1) is 28.4. The minimum Gasteiger partial charge on any atom is -0.481 e. The van der Waals surface area contributed by atoms with Gasteiger partial charge >= 0.3 is 24.1 Å². The smallest absolute Gasteiger partial charge is 0.410 e. The summed E-state index contributed by atoms with van der Waals surface area (Å²) in [5, 5.41) is 17.5. The van der Waals surface area contributed by atoms with Gasteiger partial charge in [0.1, 0.15) is 37.4 Å². The first-order chi connectivity index (χ1) is 18.2. The van der Waals surface area contributed by atoms with Crippen molar-refractivity contribution in [3.05, 3.63) is 71.8 Å². The summed E-state index contributed by atoms with van der Waals surface area (Å²) in [6.45, 7) is -0.584. The van der Waals surface area contributed by atoms with E-state index >= 15 is 0 Å². The molecular weight excluding hydrogens is 506 g/mol. The van der Waals surface area contributed by atoms with Gasteiger partial charge in [-0.25, -0.2) is 18.4 Å². The second-order valence-corrected chi connectivity index (χ2v) is 8.81. The number of hydrogen-bond donors (Lipinski definition) is 2. The maximum atomic E-state index is 13.4. The quantitative estimate of drug-likeness (QED) is 0.577. The van der Waals surface area contributed by atoms with Crippen molar-refractivity contribution in [1.29, 1.82) is 0 Å². The van der Waals surface area contributed by atoms with E-state index in [1.165, 1.54) is 0 Å². The lowest BCUT2D eigenvalue weighted by Gasteiger charge is -2.15. The van der Waals surface area contributed by atoms with E-state index < -0.39 is 48.3 Å². The van der Waals surface area contributed by atoms with Crippen molar-refractivity contribution in [2.75, 3.05) is 26.2 Å². The summed E-state index contributed by atoms with van der Waals surface area (Å²) in [5.41, 5.74) is 1.64. The molecule has 12 heteroatoms. The molecule has 0 unspecified atom stereocenters. The Morgan fingerprint density at radius 2 is 1.00 bits per heavy atom. The van der Waals surface area contributed by atoms with Crippen molar-refractivity contribution in [3.8, 4) is 0 Å². The molecule has 2 aliphatic heterocycles. The minimum absolute atomic E-state index is 0.0882. The number of ether oxygens (including phenoxy) is 2. The maximum Gasteiger partial charge on any atom is 0.410 e. The molecule has 10 nitrogen and oxygen atoms in total. The Kier molecular flexibility index (Phi) is 9.97. The zero-order valence-corrected chi connectivity index (χ0v) is 20.3. The molecule has 2 aliphatic rings. The molecule has 2 saturated heterocycles. The standard InChI is InChI=1S/2C13H14FNO4/c2*14-11-7-15(6-10(11)12(16)17)13(18)19-8-9-4-2-1-3-5-9/h2*1-5,10-11H,6-8H2,(H,16,17)/t2*10-,11+/m10/s1. The zero-order valence-electron chi connectivity index (χ0n) is 20.3. The first-order valence-corrected chi connectivity index (χ1v) is 11.8. The number of nitrogens with zero attached hydrogens (tertiary/aromatic N) is 2. The summed E-state index contributed by atoms with van der Waals surface area (Å²) in [6, 6.07) is 18.2. The molecule has 0 bridgehead atoms. The Bertz CT molecular complexity index is 1020. The van der Waals surface area contributed by atoms with Crippen molar-refractivity contribution in [2.45, 2.75) is 25.6 Å². The number of benzene rings is 2. The molecule has 0 radical (unpaired) electrons. The Labute approximate surface area is 217 Å². The van der Waals surface area contributed by atoms with Crippen LogP contribution in [0.15, 0.2) is 60.7 Å². The van der Waals surface area contributed by atoms with Gasteiger partial charge in [0.05, 0.1) is 13.1 Å². The average Bonchev–Trinajstić information content (AvgIpc) is 3.50. The number of alkyl halides is 2. The van der Waals surface area contributed by atoms with Gasteiger partial charge < -0.3 is 29.5 Å². The number of amides is 2. The Morgan fingerprint density at radius 1 is 0.658 bits per heavy atom. The SMILES string of the molecule is O=C(O)[C@@H]1CN(C(=O)OCc2ccccc2)C[C@@H]1F.O=C(O)[C@H]1CN(C(=O)OCc2ccccc2)C[C@H]1F. The zero-order chi connectivity index (χ0) is 27.7. The number of carbonyl (C=O) groups excluding carboxylic acids is 2. The molecule has 0 aliphatic carbocycles. The number of rotatable bonds is 6. The van der Waals surface area contributed by atoms with E-state index in [4.69, 9.17) is 19.7 Å². The summed E-state index contributed by atoms with van der Waals surface area (Å²) < 4.78 is 36.8. The number of hydrogen-bond acceptors (Lipinski definition) is 6. The highest BCUT2D eigenvalue weighted by molar-refractivity contribution is 5.75. The van der Waals surface area contributed by atoms with E-state index in [0.29, 0.717) is 0 Å². The molecule has 0 spiro atoms. The Morgan fingerprint density at radius 3 is 1.29 bits per heavy atom. The highest BCUT2D eigenvalue weighted by Gasteiger charge is 2.41. The Hall–Kier alpha value is -4.22. The lowest BCUT2D eigenvalue weighted by molar-refractivity contribution is -0.143. The van der Waals surface area contributed by atoms with Gasteiger partial charge in [-0.2, -0.15) is 0 Å². The largest absolute Gasteiger partial charge is 0.481 e. The molecule has 0 saturated carbocycles. The van der Waals surface area contributed by atoms with Crippen LogP contribution in [0.1, 0.15) is 11.1 Å². The second kappa shape index (κ2) is 13.4. The number of likely N-dealkylation sites (tertiary alicyclic amines) is 2.